The van der Waals surface area contributed by atoms with Crippen molar-refractivity contribution in [3.8, 4) is 0 Å². The van der Waals surface area contributed by atoms with Gasteiger partial charge in [-0.05, 0) is 60.2 Å². The van der Waals surface area contributed by atoms with Crippen LogP contribution < -0.4 is 10.0 Å². The number of nitrogens with one attached hydrogen (secondary N) is 2. The SMILES string of the molecule is CNS(=O)(=O)c1ccc(/C=C/C(=O)N[C@H]2CCC(C)(C)c3ccccc32)cc1. The molecule has 2 aromatic carbocycles. The molecule has 0 fully saturated rings. The van der Waals surface area contributed by atoms with Crippen LogP contribution in [0.4, 0.5) is 0 Å². The molecule has 0 bridgehead atoms. The predicted molar refractivity (Wildman–Crippen MR) is 111 cm³/mol. The fourth-order valence-electron chi connectivity index (χ4n) is 3.63. The number of carbonyl (C=O) groups excluding carboxylic acids is 1. The molecule has 1 aliphatic rings. The maximum absolute atomic E-state index is 12.4. The number of hydrogen-bond donors (Lipinski definition) is 2. The highest BCUT2D eigenvalue weighted by molar-refractivity contribution is 7.89. The fraction of sp³-hybridized carbons (Fsp3) is 0.318. The van der Waals surface area contributed by atoms with Crippen LogP contribution in [-0.4, -0.2) is 21.4 Å². The van der Waals surface area contributed by atoms with Crippen LogP contribution in [0.1, 0.15) is 49.4 Å². The van der Waals surface area contributed by atoms with E-state index in [0.717, 1.165) is 18.4 Å². The Morgan fingerprint density at radius 2 is 1.79 bits per heavy atom. The van der Waals surface area contributed by atoms with Crippen molar-refractivity contribution >= 4 is 22.0 Å². The van der Waals surface area contributed by atoms with Gasteiger partial charge in [0, 0.05) is 6.08 Å². The number of hydrogen-bond acceptors (Lipinski definition) is 3. The molecule has 0 aliphatic heterocycles. The molecule has 0 unspecified atom stereocenters. The van der Waals surface area contributed by atoms with E-state index in [1.54, 1.807) is 18.2 Å². The van der Waals surface area contributed by atoms with E-state index >= 15 is 0 Å². The lowest BCUT2D eigenvalue weighted by Crippen LogP contribution is -2.34. The van der Waals surface area contributed by atoms with Gasteiger partial charge in [-0.25, -0.2) is 13.1 Å². The lowest BCUT2D eigenvalue weighted by atomic mass is 9.71. The van der Waals surface area contributed by atoms with Crippen molar-refractivity contribution < 1.29 is 13.2 Å². The number of rotatable bonds is 5. The molecule has 3 rings (SSSR count). The average Bonchev–Trinajstić information content (AvgIpc) is 2.69. The molecule has 0 saturated heterocycles. The first-order valence-corrected chi connectivity index (χ1v) is 10.8. The maximum atomic E-state index is 12.4. The number of carbonyl (C=O) groups is 1. The Balaban J connectivity index is 1.69. The molecule has 0 aromatic heterocycles. The van der Waals surface area contributed by atoms with E-state index in [0.29, 0.717) is 0 Å². The first-order chi connectivity index (χ1) is 13.2. The minimum Gasteiger partial charge on any atom is -0.346 e. The van der Waals surface area contributed by atoms with Gasteiger partial charge in [-0.1, -0.05) is 50.2 Å². The van der Waals surface area contributed by atoms with Crippen LogP contribution in [0.3, 0.4) is 0 Å². The minimum atomic E-state index is -3.46. The molecule has 0 saturated carbocycles. The van der Waals surface area contributed by atoms with Crippen molar-refractivity contribution in [1.29, 1.82) is 0 Å². The van der Waals surface area contributed by atoms with Gasteiger partial charge in [0.15, 0.2) is 0 Å². The van der Waals surface area contributed by atoms with Crippen LogP contribution in [-0.2, 0) is 20.2 Å². The Hall–Kier alpha value is -2.44. The molecule has 1 aliphatic carbocycles. The van der Waals surface area contributed by atoms with Crippen LogP contribution in [0.2, 0.25) is 0 Å². The third-order valence-electron chi connectivity index (χ3n) is 5.33. The summed E-state index contributed by atoms with van der Waals surface area (Å²) in [7, 11) is -2.08. The molecule has 2 N–H and O–H groups in total. The first-order valence-electron chi connectivity index (χ1n) is 9.34. The predicted octanol–water partition coefficient (Wildman–Crippen LogP) is 3.54. The van der Waals surface area contributed by atoms with Crippen LogP contribution in [0.25, 0.3) is 6.08 Å². The van der Waals surface area contributed by atoms with E-state index in [2.05, 4.69) is 36.0 Å². The van der Waals surface area contributed by atoms with Gasteiger partial charge in [-0.15, -0.1) is 0 Å². The Morgan fingerprint density at radius 3 is 2.46 bits per heavy atom. The van der Waals surface area contributed by atoms with Crippen LogP contribution in [0.5, 0.6) is 0 Å². The van der Waals surface area contributed by atoms with E-state index < -0.39 is 10.0 Å². The minimum absolute atomic E-state index is 0.00419. The number of fused-ring (bicyclic) bond motifs is 1. The molecule has 1 amide bonds. The van der Waals surface area contributed by atoms with Gasteiger partial charge in [0.05, 0.1) is 10.9 Å². The largest absolute Gasteiger partial charge is 0.346 e. The standard InChI is InChI=1S/C22H26N2O3S/c1-22(2)15-14-20(18-6-4-5-7-19(18)22)24-21(25)13-10-16-8-11-17(12-9-16)28(26,27)23-3/h4-13,20,23H,14-15H2,1-3H3,(H,24,25)/b13-10+/t20-/m0/s1. The molecule has 0 radical (unpaired) electrons. The van der Waals surface area contributed by atoms with Gasteiger partial charge in [0.2, 0.25) is 15.9 Å². The molecule has 1 atom stereocenters. The molecule has 148 valence electrons. The van der Waals surface area contributed by atoms with Crippen LogP contribution in [0.15, 0.2) is 59.5 Å². The molecule has 2 aromatic rings. The van der Waals surface area contributed by atoms with Crippen LogP contribution >= 0.6 is 0 Å². The van der Waals surface area contributed by atoms with Crippen molar-refractivity contribution in [3.05, 3.63) is 71.3 Å². The summed E-state index contributed by atoms with van der Waals surface area (Å²) in [4.78, 5) is 12.6. The lowest BCUT2D eigenvalue weighted by Gasteiger charge is -2.37. The number of sulfonamides is 1. The third-order valence-corrected chi connectivity index (χ3v) is 6.76. The Kier molecular flexibility index (Phi) is 5.72. The van der Waals surface area contributed by atoms with Gasteiger partial charge >= 0.3 is 0 Å². The van der Waals surface area contributed by atoms with Crippen molar-refractivity contribution in [3.63, 3.8) is 0 Å². The highest BCUT2D eigenvalue weighted by Gasteiger charge is 2.32. The monoisotopic (exact) mass is 398 g/mol. The smallest absolute Gasteiger partial charge is 0.244 e. The molecule has 0 spiro atoms. The average molecular weight is 399 g/mol. The van der Waals surface area contributed by atoms with E-state index in [-0.39, 0.29) is 22.3 Å². The Bertz CT molecular complexity index is 993. The van der Waals surface area contributed by atoms with E-state index in [1.165, 1.54) is 36.4 Å². The molecule has 5 nitrogen and oxygen atoms in total. The fourth-order valence-corrected chi connectivity index (χ4v) is 4.36. The van der Waals surface area contributed by atoms with Crippen molar-refractivity contribution in [2.75, 3.05) is 7.05 Å². The first kappa shape index (κ1) is 20.3. The third kappa shape index (κ3) is 4.34. The molecule has 6 heteroatoms. The molecule has 28 heavy (non-hydrogen) atoms. The van der Waals surface area contributed by atoms with Crippen molar-refractivity contribution in [2.24, 2.45) is 0 Å². The normalized spacial score (nSPS) is 18.6. The van der Waals surface area contributed by atoms with Gasteiger partial charge < -0.3 is 5.32 Å². The second-order valence-electron chi connectivity index (χ2n) is 7.68. The highest BCUT2D eigenvalue weighted by atomic mass is 32.2. The van der Waals surface area contributed by atoms with Gasteiger partial charge in [-0.2, -0.15) is 0 Å². The quantitative estimate of drug-likeness (QED) is 0.757. The Labute approximate surface area is 166 Å². The number of amides is 1. The topological polar surface area (TPSA) is 75.3 Å². The summed E-state index contributed by atoms with van der Waals surface area (Å²) >= 11 is 0. The zero-order valence-corrected chi connectivity index (χ0v) is 17.2. The second-order valence-corrected chi connectivity index (χ2v) is 9.57. The summed E-state index contributed by atoms with van der Waals surface area (Å²) in [6.45, 7) is 4.48. The van der Waals surface area contributed by atoms with E-state index in [1.807, 2.05) is 12.1 Å². The van der Waals surface area contributed by atoms with E-state index in [4.69, 9.17) is 0 Å². The van der Waals surface area contributed by atoms with Crippen molar-refractivity contribution in [1.82, 2.24) is 10.0 Å². The second kappa shape index (κ2) is 7.89. The summed E-state index contributed by atoms with van der Waals surface area (Å²) in [5.41, 5.74) is 3.35. The summed E-state index contributed by atoms with van der Waals surface area (Å²) in [5, 5.41) is 3.10. The Morgan fingerprint density at radius 1 is 1.11 bits per heavy atom. The van der Waals surface area contributed by atoms with Crippen LogP contribution in [0, 0.1) is 0 Å². The molecular formula is C22H26N2O3S. The van der Waals surface area contributed by atoms with Crippen molar-refractivity contribution in [2.45, 2.75) is 43.0 Å². The van der Waals surface area contributed by atoms with Gasteiger partial charge in [0.25, 0.3) is 0 Å². The summed E-state index contributed by atoms with van der Waals surface area (Å²) in [6.07, 6.45) is 5.09. The van der Waals surface area contributed by atoms with Gasteiger partial charge in [0.1, 0.15) is 0 Å². The van der Waals surface area contributed by atoms with Gasteiger partial charge in [-0.3, -0.25) is 4.79 Å². The summed E-state index contributed by atoms with van der Waals surface area (Å²) in [5.74, 6) is -0.161. The highest BCUT2D eigenvalue weighted by Crippen LogP contribution is 2.41. The zero-order chi connectivity index (χ0) is 20.4. The lowest BCUT2D eigenvalue weighted by molar-refractivity contribution is -0.117. The maximum Gasteiger partial charge on any atom is 0.244 e. The molecular weight excluding hydrogens is 372 g/mol. The summed E-state index contributed by atoms with van der Waals surface area (Å²) in [6, 6.07) is 14.7. The molecule has 0 heterocycles. The zero-order valence-electron chi connectivity index (χ0n) is 16.4. The summed E-state index contributed by atoms with van der Waals surface area (Å²) < 4.78 is 25.8. The van der Waals surface area contributed by atoms with E-state index in [9.17, 15) is 13.2 Å². The number of benzene rings is 2.